The lowest BCUT2D eigenvalue weighted by molar-refractivity contribution is 0.386. The first-order valence-corrected chi connectivity index (χ1v) is 5.83. The predicted molar refractivity (Wildman–Crippen MR) is 54.0 cm³/mol. The molecule has 0 aromatic carbocycles. The maximum absolute atomic E-state index is 4.32. The molecule has 1 aliphatic heterocycles. The minimum Gasteiger partial charge on any atom is -0.312 e. The SMILES string of the molecule is c1nsc2c1CNCC21CCCC1. The Morgan fingerprint density at radius 1 is 1.38 bits per heavy atom. The number of fused-ring (bicyclic) bond motifs is 2. The number of rotatable bonds is 0. The Morgan fingerprint density at radius 2 is 2.23 bits per heavy atom. The minimum absolute atomic E-state index is 0.481. The van der Waals surface area contributed by atoms with Crippen LogP contribution >= 0.6 is 11.5 Å². The highest BCUT2D eigenvalue weighted by atomic mass is 32.1. The van der Waals surface area contributed by atoms with Gasteiger partial charge in [0, 0.05) is 35.1 Å². The average molecular weight is 194 g/mol. The molecule has 0 amide bonds. The molecule has 1 fully saturated rings. The van der Waals surface area contributed by atoms with E-state index >= 15 is 0 Å². The summed E-state index contributed by atoms with van der Waals surface area (Å²) < 4.78 is 4.32. The van der Waals surface area contributed by atoms with Gasteiger partial charge in [0.2, 0.25) is 0 Å². The molecule has 2 nitrogen and oxygen atoms in total. The van der Waals surface area contributed by atoms with Crippen LogP contribution in [0.15, 0.2) is 6.20 Å². The van der Waals surface area contributed by atoms with Gasteiger partial charge in [-0.25, -0.2) is 4.37 Å². The molecule has 1 aromatic rings. The number of hydrogen-bond acceptors (Lipinski definition) is 3. The smallest absolute Gasteiger partial charge is 0.0455 e. The molecular formula is C10H14N2S. The van der Waals surface area contributed by atoms with Crippen molar-refractivity contribution in [2.24, 2.45) is 0 Å². The summed E-state index contributed by atoms with van der Waals surface area (Å²) in [5.41, 5.74) is 1.94. The van der Waals surface area contributed by atoms with Gasteiger partial charge in [-0.3, -0.25) is 0 Å². The summed E-state index contributed by atoms with van der Waals surface area (Å²) in [7, 11) is 0. The fourth-order valence-corrected chi connectivity index (χ4v) is 3.79. The Labute approximate surface area is 82.5 Å². The van der Waals surface area contributed by atoms with Crippen LogP contribution in [0, 0.1) is 0 Å². The Morgan fingerprint density at radius 3 is 3.08 bits per heavy atom. The van der Waals surface area contributed by atoms with Crippen LogP contribution in [0.4, 0.5) is 0 Å². The van der Waals surface area contributed by atoms with Crippen LogP contribution in [-0.2, 0) is 12.0 Å². The number of nitrogens with one attached hydrogen (secondary N) is 1. The fraction of sp³-hybridized carbons (Fsp3) is 0.700. The van der Waals surface area contributed by atoms with E-state index in [2.05, 4.69) is 9.69 Å². The van der Waals surface area contributed by atoms with Crippen molar-refractivity contribution in [1.29, 1.82) is 0 Å². The van der Waals surface area contributed by atoms with Crippen molar-refractivity contribution in [3.8, 4) is 0 Å². The standard InChI is InChI=1S/C10H14N2S/c1-2-4-10(3-1)7-11-5-8-6-12-13-9(8)10/h6,11H,1-5,7H2. The molecule has 0 atom stereocenters. The fourth-order valence-electron chi connectivity index (χ4n) is 2.80. The molecule has 2 heterocycles. The zero-order chi connectivity index (χ0) is 8.73. The summed E-state index contributed by atoms with van der Waals surface area (Å²) in [6.45, 7) is 2.22. The van der Waals surface area contributed by atoms with Crippen molar-refractivity contribution in [2.75, 3.05) is 6.54 Å². The minimum atomic E-state index is 0.481. The van der Waals surface area contributed by atoms with Gasteiger partial charge in [-0.15, -0.1) is 0 Å². The van der Waals surface area contributed by atoms with Gasteiger partial charge in [0.25, 0.3) is 0 Å². The van der Waals surface area contributed by atoms with E-state index in [0.29, 0.717) is 5.41 Å². The largest absolute Gasteiger partial charge is 0.312 e. The Bertz CT molecular complexity index is 312. The third-order valence-electron chi connectivity index (χ3n) is 3.47. The molecule has 1 N–H and O–H groups in total. The highest BCUT2D eigenvalue weighted by molar-refractivity contribution is 7.06. The van der Waals surface area contributed by atoms with E-state index in [-0.39, 0.29) is 0 Å². The van der Waals surface area contributed by atoms with Crippen LogP contribution in [0.2, 0.25) is 0 Å². The molecule has 2 aliphatic rings. The van der Waals surface area contributed by atoms with E-state index in [1.807, 2.05) is 6.20 Å². The number of aromatic nitrogens is 1. The molecule has 1 saturated carbocycles. The number of hydrogen-bond donors (Lipinski definition) is 1. The van der Waals surface area contributed by atoms with E-state index in [1.165, 1.54) is 37.8 Å². The van der Waals surface area contributed by atoms with Crippen LogP contribution in [0.25, 0.3) is 0 Å². The van der Waals surface area contributed by atoms with Gasteiger partial charge in [-0.1, -0.05) is 12.8 Å². The molecule has 0 saturated heterocycles. The molecule has 0 bridgehead atoms. The van der Waals surface area contributed by atoms with Crippen molar-refractivity contribution < 1.29 is 0 Å². The van der Waals surface area contributed by atoms with Gasteiger partial charge in [0.1, 0.15) is 0 Å². The van der Waals surface area contributed by atoms with Gasteiger partial charge in [0.05, 0.1) is 0 Å². The van der Waals surface area contributed by atoms with E-state index in [0.717, 1.165) is 6.54 Å². The molecule has 70 valence electrons. The monoisotopic (exact) mass is 194 g/mol. The molecular weight excluding hydrogens is 180 g/mol. The van der Waals surface area contributed by atoms with Gasteiger partial charge >= 0.3 is 0 Å². The van der Waals surface area contributed by atoms with Crippen LogP contribution in [0.3, 0.4) is 0 Å². The van der Waals surface area contributed by atoms with Crippen molar-refractivity contribution >= 4 is 11.5 Å². The van der Waals surface area contributed by atoms with Crippen molar-refractivity contribution in [1.82, 2.24) is 9.69 Å². The number of nitrogens with zero attached hydrogens (tertiary/aromatic N) is 1. The van der Waals surface area contributed by atoms with Crippen molar-refractivity contribution in [3.05, 3.63) is 16.6 Å². The first-order chi connectivity index (χ1) is 6.41. The van der Waals surface area contributed by atoms with Crippen molar-refractivity contribution in [2.45, 2.75) is 37.6 Å². The highest BCUT2D eigenvalue weighted by Gasteiger charge is 2.40. The maximum Gasteiger partial charge on any atom is 0.0455 e. The lowest BCUT2D eigenvalue weighted by Gasteiger charge is -2.33. The average Bonchev–Trinajstić information content (AvgIpc) is 2.74. The molecule has 13 heavy (non-hydrogen) atoms. The molecule has 1 aliphatic carbocycles. The third kappa shape index (κ3) is 1.07. The Hall–Kier alpha value is -0.410. The van der Waals surface area contributed by atoms with E-state index in [4.69, 9.17) is 0 Å². The van der Waals surface area contributed by atoms with Gasteiger partial charge in [0.15, 0.2) is 0 Å². The Kier molecular flexibility index (Phi) is 1.70. The van der Waals surface area contributed by atoms with Gasteiger partial charge < -0.3 is 5.32 Å². The van der Waals surface area contributed by atoms with E-state index in [1.54, 1.807) is 16.4 Å². The van der Waals surface area contributed by atoms with Crippen molar-refractivity contribution in [3.63, 3.8) is 0 Å². The maximum atomic E-state index is 4.32. The van der Waals surface area contributed by atoms with Crippen LogP contribution in [0.5, 0.6) is 0 Å². The van der Waals surface area contributed by atoms with Crippen LogP contribution in [-0.4, -0.2) is 10.9 Å². The van der Waals surface area contributed by atoms with Gasteiger partial charge in [-0.05, 0) is 24.4 Å². The second-order valence-electron chi connectivity index (χ2n) is 4.27. The molecule has 3 heteroatoms. The summed E-state index contributed by atoms with van der Waals surface area (Å²) >= 11 is 1.73. The normalized spacial score (nSPS) is 24.9. The topological polar surface area (TPSA) is 24.9 Å². The van der Waals surface area contributed by atoms with Crippen LogP contribution in [0.1, 0.15) is 36.1 Å². The molecule has 1 aromatic heterocycles. The molecule has 0 unspecified atom stereocenters. The summed E-state index contributed by atoms with van der Waals surface area (Å²) in [6.07, 6.45) is 7.59. The van der Waals surface area contributed by atoms with E-state index < -0.39 is 0 Å². The lowest BCUT2D eigenvalue weighted by Crippen LogP contribution is -2.39. The molecule has 1 spiro atoms. The second kappa shape index (κ2) is 2.79. The predicted octanol–water partition coefficient (Wildman–Crippen LogP) is 2.06. The molecule has 0 radical (unpaired) electrons. The first kappa shape index (κ1) is 7.94. The first-order valence-electron chi connectivity index (χ1n) is 5.05. The third-order valence-corrected chi connectivity index (χ3v) is 4.55. The summed E-state index contributed by atoms with van der Waals surface area (Å²) in [5, 5.41) is 3.53. The highest BCUT2D eigenvalue weighted by Crippen LogP contribution is 2.45. The Balaban J connectivity index is 2.08. The molecule has 3 rings (SSSR count). The summed E-state index contributed by atoms with van der Waals surface area (Å²) in [6, 6.07) is 0. The summed E-state index contributed by atoms with van der Waals surface area (Å²) in [5.74, 6) is 0. The summed E-state index contributed by atoms with van der Waals surface area (Å²) in [4.78, 5) is 1.59. The van der Waals surface area contributed by atoms with Gasteiger partial charge in [-0.2, -0.15) is 0 Å². The zero-order valence-corrected chi connectivity index (χ0v) is 8.49. The quantitative estimate of drug-likeness (QED) is 0.684. The van der Waals surface area contributed by atoms with E-state index in [9.17, 15) is 0 Å². The second-order valence-corrected chi connectivity index (χ2v) is 5.07. The zero-order valence-electron chi connectivity index (χ0n) is 7.68. The lowest BCUT2D eigenvalue weighted by atomic mass is 9.80. The van der Waals surface area contributed by atoms with Crippen LogP contribution < -0.4 is 5.32 Å².